The molecule has 0 fully saturated rings. The van der Waals surface area contributed by atoms with E-state index in [9.17, 15) is 4.79 Å². The molecule has 19 heavy (non-hydrogen) atoms. The normalized spacial score (nSPS) is 16.2. The fourth-order valence-corrected chi connectivity index (χ4v) is 3.13. The van der Waals surface area contributed by atoms with Gasteiger partial charge in [0.15, 0.2) is 5.13 Å². The number of fused-ring (bicyclic) bond motifs is 1. The van der Waals surface area contributed by atoms with Gasteiger partial charge >= 0.3 is 0 Å². The quantitative estimate of drug-likeness (QED) is 0.844. The van der Waals surface area contributed by atoms with Gasteiger partial charge in [-0.25, -0.2) is 4.98 Å². The van der Waals surface area contributed by atoms with Crippen LogP contribution in [0.15, 0.2) is 0 Å². The van der Waals surface area contributed by atoms with E-state index in [0.29, 0.717) is 5.13 Å². The van der Waals surface area contributed by atoms with E-state index in [0.717, 1.165) is 12.8 Å². The third kappa shape index (κ3) is 4.16. The highest BCUT2D eigenvalue weighted by atomic mass is 35.5. The summed E-state index contributed by atoms with van der Waals surface area (Å²) >= 11 is 1.61. The molecule has 0 saturated heterocycles. The first-order valence-corrected chi connectivity index (χ1v) is 7.44. The molecule has 1 amide bonds. The topological polar surface area (TPSA) is 68.0 Å². The Balaban J connectivity index is 0.00000180. The van der Waals surface area contributed by atoms with Crippen molar-refractivity contribution in [2.45, 2.75) is 52.0 Å². The summed E-state index contributed by atoms with van der Waals surface area (Å²) in [7, 11) is 0. The van der Waals surface area contributed by atoms with Gasteiger partial charge in [-0.05, 0) is 31.6 Å². The van der Waals surface area contributed by atoms with E-state index < -0.39 is 6.04 Å². The van der Waals surface area contributed by atoms with Gasteiger partial charge in [0.05, 0.1) is 11.7 Å². The SMILES string of the molecule is CC(C)C(N)C(=O)Nc1nc2c(s1)CCCCC2.Cl. The van der Waals surface area contributed by atoms with Gasteiger partial charge in [-0.1, -0.05) is 20.3 Å². The Kier molecular flexibility index (Phi) is 6.23. The van der Waals surface area contributed by atoms with Crippen LogP contribution in [-0.4, -0.2) is 16.9 Å². The second-order valence-corrected chi connectivity index (χ2v) is 6.29. The molecule has 1 atom stereocenters. The van der Waals surface area contributed by atoms with Gasteiger partial charge in [0.1, 0.15) is 0 Å². The lowest BCUT2D eigenvalue weighted by atomic mass is 10.1. The molecular weight excluding hydrogens is 282 g/mol. The Morgan fingerprint density at radius 3 is 2.68 bits per heavy atom. The third-order valence-electron chi connectivity index (χ3n) is 3.35. The molecule has 2 rings (SSSR count). The smallest absolute Gasteiger partial charge is 0.243 e. The molecule has 1 heterocycles. The van der Waals surface area contributed by atoms with Crippen LogP contribution >= 0.6 is 23.7 Å². The molecule has 3 N–H and O–H groups in total. The summed E-state index contributed by atoms with van der Waals surface area (Å²) in [6, 6.07) is -0.464. The molecule has 108 valence electrons. The van der Waals surface area contributed by atoms with Gasteiger partial charge in [0.2, 0.25) is 5.91 Å². The summed E-state index contributed by atoms with van der Waals surface area (Å²) in [6.45, 7) is 3.89. The lowest BCUT2D eigenvalue weighted by Crippen LogP contribution is -2.39. The zero-order chi connectivity index (χ0) is 13.1. The van der Waals surface area contributed by atoms with Crippen LogP contribution in [0, 0.1) is 5.92 Å². The number of aryl methyl sites for hydroxylation is 2. The van der Waals surface area contributed by atoms with Crippen molar-refractivity contribution < 1.29 is 4.79 Å². The summed E-state index contributed by atoms with van der Waals surface area (Å²) in [4.78, 5) is 17.7. The van der Waals surface area contributed by atoms with Crippen molar-refractivity contribution in [2.24, 2.45) is 11.7 Å². The molecule has 1 aliphatic rings. The van der Waals surface area contributed by atoms with Crippen molar-refractivity contribution in [3.8, 4) is 0 Å². The number of halogens is 1. The van der Waals surface area contributed by atoms with Crippen LogP contribution in [0.2, 0.25) is 0 Å². The molecule has 4 nitrogen and oxygen atoms in total. The number of hydrogen-bond donors (Lipinski definition) is 2. The van der Waals surface area contributed by atoms with Gasteiger partial charge in [-0.3, -0.25) is 4.79 Å². The highest BCUT2D eigenvalue weighted by molar-refractivity contribution is 7.15. The molecule has 0 spiro atoms. The molecular formula is C13H22ClN3OS. The number of nitrogens with zero attached hydrogens (tertiary/aromatic N) is 1. The third-order valence-corrected chi connectivity index (χ3v) is 4.42. The minimum atomic E-state index is -0.464. The number of carbonyl (C=O) groups is 1. The fraction of sp³-hybridized carbons (Fsp3) is 0.692. The predicted molar refractivity (Wildman–Crippen MR) is 82.1 cm³/mol. The first-order chi connectivity index (χ1) is 8.58. The van der Waals surface area contributed by atoms with Crippen molar-refractivity contribution in [2.75, 3.05) is 5.32 Å². The van der Waals surface area contributed by atoms with Gasteiger partial charge in [-0.2, -0.15) is 0 Å². The number of nitrogens with one attached hydrogen (secondary N) is 1. The maximum atomic E-state index is 11.9. The van der Waals surface area contributed by atoms with E-state index in [1.165, 1.54) is 29.8 Å². The number of carbonyl (C=O) groups excluding carboxylic acids is 1. The maximum Gasteiger partial charge on any atom is 0.243 e. The number of hydrogen-bond acceptors (Lipinski definition) is 4. The molecule has 0 radical (unpaired) electrons. The Hall–Kier alpha value is -0.650. The average molecular weight is 304 g/mol. The van der Waals surface area contributed by atoms with Gasteiger partial charge in [-0.15, -0.1) is 23.7 Å². The number of aromatic nitrogens is 1. The van der Waals surface area contributed by atoms with Crippen molar-refractivity contribution in [3.63, 3.8) is 0 Å². The van der Waals surface area contributed by atoms with E-state index >= 15 is 0 Å². The van der Waals surface area contributed by atoms with Crippen LogP contribution in [0.25, 0.3) is 0 Å². The van der Waals surface area contributed by atoms with Gasteiger partial charge in [0, 0.05) is 4.88 Å². The van der Waals surface area contributed by atoms with E-state index in [4.69, 9.17) is 5.73 Å². The number of thiazole rings is 1. The Bertz CT molecular complexity index is 410. The zero-order valence-electron chi connectivity index (χ0n) is 11.4. The number of amides is 1. The summed E-state index contributed by atoms with van der Waals surface area (Å²) in [6.07, 6.45) is 5.85. The number of rotatable bonds is 3. The Labute approximate surface area is 124 Å². The minimum absolute atomic E-state index is 0. The first kappa shape index (κ1) is 16.4. The van der Waals surface area contributed by atoms with Gasteiger partial charge < -0.3 is 11.1 Å². The second kappa shape index (κ2) is 7.22. The van der Waals surface area contributed by atoms with Crippen molar-refractivity contribution in [1.29, 1.82) is 0 Å². The van der Waals surface area contributed by atoms with Crippen LogP contribution in [0.1, 0.15) is 43.7 Å². The monoisotopic (exact) mass is 303 g/mol. The molecule has 1 unspecified atom stereocenters. The zero-order valence-corrected chi connectivity index (χ0v) is 13.1. The lowest BCUT2D eigenvalue weighted by Gasteiger charge is -2.13. The van der Waals surface area contributed by atoms with E-state index in [1.54, 1.807) is 11.3 Å². The van der Waals surface area contributed by atoms with Crippen LogP contribution in [0.4, 0.5) is 5.13 Å². The Morgan fingerprint density at radius 2 is 2.00 bits per heavy atom. The Morgan fingerprint density at radius 1 is 1.32 bits per heavy atom. The minimum Gasteiger partial charge on any atom is -0.320 e. The summed E-state index contributed by atoms with van der Waals surface area (Å²) < 4.78 is 0. The van der Waals surface area contributed by atoms with E-state index in [2.05, 4.69) is 10.3 Å². The predicted octanol–water partition coefficient (Wildman–Crippen LogP) is 2.76. The largest absolute Gasteiger partial charge is 0.320 e. The van der Waals surface area contributed by atoms with E-state index in [-0.39, 0.29) is 24.2 Å². The molecule has 1 aliphatic carbocycles. The number of anilines is 1. The molecule has 1 aromatic heterocycles. The molecule has 0 bridgehead atoms. The standard InChI is InChI=1S/C13H21N3OS.ClH/c1-8(2)11(14)12(17)16-13-15-9-6-4-3-5-7-10(9)18-13;/h8,11H,3-7,14H2,1-2H3,(H,15,16,17);1H. The summed E-state index contributed by atoms with van der Waals surface area (Å²) in [5.41, 5.74) is 6.99. The lowest BCUT2D eigenvalue weighted by molar-refractivity contribution is -0.118. The molecule has 0 aliphatic heterocycles. The van der Waals surface area contributed by atoms with E-state index in [1.807, 2.05) is 13.8 Å². The highest BCUT2D eigenvalue weighted by Crippen LogP contribution is 2.28. The molecule has 1 aromatic rings. The molecule has 0 aromatic carbocycles. The second-order valence-electron chi connectivity index (χ2n) is 5.21. The number of nitrogens with two attached hydrogens (primary N) is 1. The van der Waals surface area contributed by atoms with Crippen LogP contribution in [0.3, 0.4) is 0 Å². The molecule has 0 saturated carbocycles. The van der Waals surface area contributed by atoms with Crippen molar-refractivity contribution in [3.05, 3.63) is 10.6 Å². The van der Waals surface area contributed by atoms with Gasteiger partial charge in [0.25, 0.3) is 0 Å². The average Bonchev–Trinajstić information content (AvgIpc) is 2.57. The molecule has 6 heteroatoms. The van der Waals surface area contributed by atoms with Crippen molar-refractivity contribution in [1.82, 2.24) is 4.98 Å². The van der Waals surface area contributed by atoms with Crippen LogP contribution < -0.4 is 11.1 Å². The maximum absolute atomic E-state index is 11.9. The van der Waals surface area contributed by atoms with Crippen molar-refractivity contribution >= 4 is 34.8 Å². The first-order valence-electron chi connectivity index (χ1n) is 6.63. The van der Waals surface area contributed by atoms with Crippen LogP contribution in [-0.2, 0) is 17.6 Å². The van der Waals surface area contributed by atoms with Crippen LogP contribution in [0.5, 0.6) is 0 Å². The summed E-state index contributed by atoms with van der Waals surface area (Å²) in [5, 5.41) is 3.56. The fourth-order valence-electron chi connectivity index (χ4n) is 2.07. The highest BCUT2D eigenvalue weighted by Gasteiger charge is 2.20. The summed E-state index contributed by atoms with van der Waals surface area (Å²) in [5.74, 6) is 0.0108.